The zero-order valence-electron chi connectivity index (χ0n) is 50.6. The fourth-order valence-electron chi connectivity index (χ4n) is 13.9. The number of aliphatic imine (C=N–C) groups is 2. The van der Waals surface area contributed by atoms with Crippen LogP contribution in [0.15, 0.2) is 134 Å². The van der Waals surface area contributed by atoms with Crippen molar-refractivity contribution in [1.29, 1.82) is 0 Å². The molecule has 0 saturated heterocycles. The fourth-order valence-corrected chi connectivity index (χ4v) is 37.4. The van der Waals surface area contributed by atoms with E-state index in [0.29, 0.717) is 110 Å². The molecule has 5 aromatic carbocycles. The Hall–Kier alpha value is -6.19. The maximum atomic E-state index is 13.6. The smallest absolute Gasteiger partial charge is 1.00 e. The molecule has 7 aromatic rings. The number of nitrogens with zero attached hydrogens (tertiary/aromatic N) is 8. The molecule has 13 rings (SSSR count). The minimum absolute atomic E-state index is 0. The number of halogens is 2. The Morgan fingerprint density at radius 1 is 0.600 bits per heavy atom. The molecule has 0 atom stereocenters. The van der Waals surface area contributed by atoms with Gasteiger partial charge in [-0.3, -0.25) is 4.79 Å². The van der Waals surface area contributed by atoms with Gasteiger partial charge in [0.15, 0.2) is 5.75 Å². The van der Waals surface area contributed by atoms with Gasteiger partial charge in [-0.15, -0.1) is 0 Å². The van der Waals surface area contributed by atoms with Crippen LogP contribution < -0.4 is 55.9 Å². The zero-order chi connectivity index (χ0) is 62.3. The fraction of sp³-hybridized carbons (Fsp3) is 0.328. The molecule has 2 amide bonds. The molecular weight excluding hydrogens is 1270 g/mol. The normalized spacial score (nSPS) is 17.0. The number of hydrogen-bond donors (Lipinski definition) is 2. The number of carbonyl (C=O) groups excluding carboxylic acids is 3. The number of esters is 1. The number of unbranched alkanes of at least 4 members (excludes halogenated alkanes) is 1. The molecule has 0 fully saturated rings. The van der Waals surface area contributed by atoms with Crippen LogP contribution in [-0.4, -0.2) is 149 Å². The molecule has 29 heteroatoms. The molecule has 0 radical (unpaired) electrons. The molecule has 2 N–H and O–H groups in total. The van der Waals surface area contributed by atoms with Crippen LogP contribution in [0.2, 0.25) is 48.3 Å². The molecule has 1 spiro atoms. The van der Waals surface area contributed by atoms with E-state index < -0.39 is 45.4 Å². The number of methoxy groups -OCH3 is 1. The van der Waals surface area contributed by atoms with Crippen LogP contribution in [0.1, 0.15) is 60.8 Å². The molecule has 0 unspecified atom stereocenters. The van der Waals surface area contributed by atoms with Crippen molar-refractivity contribution in [2.24, 2.45) is 20.0 Å². The van der Waals surface area contributed by atoms with E-state index in [-0.39, 0.29) is 89.6 Å². The van der Waals surface area contributed by atoms with Gasteiger partial charge >= 0.3 is 443 Å². The number of rotatable bonds is 27. The van der Waals surface area contributed by atoms with E-state index in [4.69, 9.17) is 62.1 Å². The molecule has 0 bridgehead atoms. The summed E-state index contributed by atoms with van der Waals surface area (Å²) >= 11 is 12.3. The summed E-state index contributed by atoms with van der Waals surface area (Å²) in [5.74, 6) is 2.29. The minimum atomic E-state index is -7.02. The number of nitrogens with one attached hydrogen (secondary N) is 2. The van der Waals surface area contributed by atoms with E-state index in [1.54, 1.807) is 7.11 Å². The van der Waals surface area contributed by atoms with Crippen molar-refractivity contribution in [3.05, 3.63) is 152 Å². The molecule has 464 valence electrons. The van der Waals surface area contributed by atoms with Gasteiger partial charge in [0.05, 0.1) is 28.2 Å². The maximum Gasteiger partial charge on any atom is 1.00 e. The van der Waals surface area contributed by atoms with E-state index in [2.05, 4.69) is 102 Å². The number of benzene rings is 5. The van der Waals surface area contributed by atoms with Gasteiger partial charge < -0.3 is 14.0 Å². The molecule has 22 nitrogen and oxygen atoms in total. The first kappa shape index (κ1) is 63.9. The van der Waals surface area contributed by atoms with Crippen LogP contribution >= 0.6 is 23.2 Å². The van der Waals surface area contributed by atoms with Crippen LogP contribution in [0.3, 0.4) is 0 Å². The van der Waals surface area contributed by atoms with Gasteiger partial charge in [0, 0.05) is 7.11 Å². The summed E-state index contributed by atoms with van der Waals surface area (Å²) in [6, 6.07) is 35.8. The minimum Gasteiger partial charge on any atom is 1.00 e. The summed E-state index contributed by atoms with van der Waals surface area (Å²) in [4.78, 5) is 62.4. The first-order chi connectivity index (χ1) is 42.7. The number of hydrogen-bond acceptors (Lipinski definition) is 16. The predicted octanol–water partition coefficient (Wildman–Crippen LogP) is 4.84. The summed E-state index contributed by atoms with van der Waals surface area (Å²) in [5.41, 5.74) is 4.65. The van der Waals surface area contributed by atoms with Crippen molar-refractivity contribution >= 4 is 132 Å². The second-order valence-corrected chi connectivity index (χ2v) is 40.6. The molecule has 2 aromatic heterocycles. The Bertz CT molecular complexity index is 4430. The Kier molecular flexibility index (Phi) is 16.9. The molecule has 6 aliphatic heterocycles. The van der Waals surface area contributed by atoms with E-state index in [1.165, 1.54) is 0 Å². The number of amides is 2. The number of aromatic nitrogens is 2. The molecule has 90 heavy (non-hydrogen) atoms. The SMILES string of the molecule is COCCOCCOCC(=O)NCCC[Si](C)(C)O[Si-2]123(O[Si](C)(C)CCCNC(=O)CCCCC(=O)Oc4c(Cl)cc(S(=O)(=O)[O-])cc4Cl)n4c5c6ccccc6c4N=C4c6ccccc6C(=[N+]41)N=c1c4ccccc4c(n12)=NC1=[N+]3C(=N5)c2ccccc21.[Na+]. The van der Waals surface area contributed by atoms with Crippen LogP contribution in [-0.2, 0) is 46.9 Å². The number of fused-ring (bicyclic) bond motifs is 12. The molecule has 8 heterocycles. The van der Waals surface area contributed by atoms with Crippen molar-refractivity contribution in [3.63, 3.8) is 0 Å². The van der Waals surface area contributed by atoms with E-state index in [9.17, 15) is 35.6 Å². The first-order valence-corrected chi connectivity index (χ1v) is 40.7. The van der Waals surface area contributed by atoms with E-state index >= 15 is 0 Å². The molecular formula is C61H65Cl2N10NaO12SSi3. The average Bonchev–Trinajstić information content (AvgIpc) is 1.26. The zero-order valence-corrected chi connectivity index (χ0v) is 58.0. The second-order valence-electron chi connectivity index (χ2n) is 24.1. The van der Waals surface area contributed by atoms with Crippen molar-refractivity contribution in [3.8, 4) is 5.75 Å². The van der Waals surface area contributed by atoms with E-state index in [1.807, 2.05) is 48.5 Å². The van der Waals surface area contributed by atoms with Crippen LogP contribution in [0, 0.1) is 0 Å². The topological polar surface area (TPSA) is 253 Å². The van der Waals surface area contributed by atoms with Gasteiger partial charge in [-0.1, -0.05) is 23.2 Å². The molecule has 0 saturated carbocycles. The molecule has 6 aliphatic rings. The number of ether oxygens (including phenoxy) is 4. The summed E-state index contributed by atoms with van der Waals surface area (Å²) in [6.45, 7) is 11.0. The van der Waals surface area contributed by atoms with Gasteiger partial charge in [0.25, 0.3) is 0 Å². The average molecular weight is 1340 g/mol. The monoisotopic (exact) mass is 1340 g/mol. The van der Waals surface area contributed by atoms with Gasteiger partial charge in [-0.05, 0) is 12.1 Å². The summed E-state index contributed by atoms with van der Waals surface area (Å²) < 4.78 is 83.7. The number of carbonyl (C=O) groups is 3. The van der Waals surface area contributed by atoms with Gasteiger partial charge in [0.2, 0.25) is 0 Å². The third-order valence-corrected chi connectivity index (χ3v) is 35.3. The van der Waals surface area contributed by atoms with Crippen LogP contribution in [0.4, 0.5) is 11.6 Å². The Morgan fingerprint density at radius 3 is 1.57 bits per heavy atom. The maximum absolute atomic E-state index is 13.6. The van der Waals surface area contributed by atoms with Gasteiger partial charge in [0.1, 0.15) is 10.1 Å². The van der Waals surface area contributed by atoms with Crippen molar-refractivity contribution in [2.75, 3.05) is 53.2 Å². The summed E-state index contributed by atoms with van der Waals surface area (Å²) in [6.07, 6.45) is 1.74. The Morgan fingerprint density at radius 2 is 1.06 bits per heavy atom. The van der Waals surface area contributed by atoms with Crippen molar-refractivity contribution in [2.45, 2.75) is 81.7 Å². The van der Waals surface area contributed by atoms with Crippen molar-refractivity contribution < 1.29 is 92.6 Å². The third-order valence-electron chi connectivity index (χ3n) is 17.2. The second kappa shape index (κ2) is 23.7. The number of amidine groups is 4. The third kappa shape index (κ3) is 9.94. The van der Waals surface area contributed by atoms with Crippen LogP contribution in [0.25, 0.3) is 21.5 Å². The standard InChI is InChI=1S/C61H66Cl2N10O12SSi3.Na/c1-80-30-31-81-32-33-82-38-51(75)65-29-17-35-88(4,5)85-89(84-87(2,3)34-16-28-64-50(74)26-14-15-27-52(76)83-53-48(62)36-39(37-49(53)63)86(77,78)79)70-54-40-18-6-7-19-41(40)55(70)67-57-44-22-10-11-23-45(44)59(72(57)89)69-61-47-25-13-12-24-46(47)60(73(61)89)68-58-43-21-9-8-20-42(43)56(66-54)71(58)89;/h6-13,18-25,36-37H,14-17,26-35,38H2,1-5H3,(H,64,74)(H,65,75)(H,77,78,79);/q;+1/p-1. The predicted molar refractivity (Wildman–Crippen MR) is 341 cm³/mol. The Balaban J connectivity index is 0.00000785. The first-order valence-electron chi connectivity index (χ1n) is 29.7. The Labute approximate surface area is 552 Å². The van der Waals surface area contributed by atoms with Crippen molar-refractivity contribution in [1.82, 2.24) is 19.1 Å². The largest absolute Gasteiger partial charge is 1.00 e. The summed E-state index contributed by atoms with van der Waals surface area (Å²) in [5, 5.41) is 9.03. The molecule has 0 aliphatic carbocycles. The quantitative estimate of drug-likeness (QED) is 0.0231. The summed E-state index contributed by atoms with van der Waals surface area (Å²) in [7, 11) is -17.0. The van der Waals surface area contributed by atoms with Gasteiger partial charge in [-0.2, -0.15) is 0 Å². The van der Waals surface area contributed by atoms with E-state index in [0.717, 1.165) is 55.9 Å². The van der Waals surface area contributed by atoms with Crippen LogP contribution in [0.5, 0.6) is 5.75 Å². The van der Waals surface area contributed by atoms with Gasteiger partial charge in [-0.25, -0.2) is 8.42 Å².